The van der Waals surface area contributed by atoms with Crippen LogP contribution in [0.1, 0.15) is 28.9 Å². The number of aromatic nitrogens is 1. The predicted molar refractivity (Wildman–Crippen MR) is 93.6 cm³/mol. The average Bonchev–Trinajstić information content (AvgIpc) is 2.97. The van der Waals surface area contributed by atoms with Crippen molar-refractivity contribution >= 4 is 28.5 Å². The summed E-state index contributed by atoms with van der Waals surface area (Å²) < 4.78 is 10.3. The molecule has 3 aromatic rings. The third-order valence-electron chi connectivity index (χ3n) is 3.86. The Bertz CT molecular complexity index is 990. The number of nitrogens with zero attached hydrogens (tertiary/aromatic N) is 1. The van der Waals surface area contributed by atoms with Gasteiger partial charge >= 0.3 is 5.63 Å². The molecule has 0 aliphatic carbocycles. The van der Waals surface area contributed by atoms with E-state index < -0.39 is 5.63 Å². The maximum Gasteiger partial charge on any atom is 0.336 e. The zero-order chi connectivity index (χ0) is 18.0. The molecule has 25 heavy (non-hydrogen) atoms. The lowest BCUT2D eigenvalue weighted by Crippen LogP contribution is -2.23. The molecule has 2 heterocycles. The van der Waals surface area contributed by atoms with Gasteiger partial charge in [-0.3, -0.25) is 4.79 Å². The molecule has 0 atom stereocenters. The number of carbonyl (C=O) groups excluding carboxylic acids is 1. The van der Waals surface area contributed by atoms with Gasteiger partial charge in [-0.1, -0.05) is 22.8 Å². The van der Waals surface area contributed by atoms with Crippen LogP contribution in [0, 0.1) is 13.8 Å². The van der Waals surface area contributed by atoms with Crippen LogP contribution in [0.5, 0.6) is 0 Å². The number of carbonyl (C=O) groups is 1. The topological polar surface area (TPSA) is 85.3 Å². The number of aryl methyl sites for hydroxylation is 3. The van der Waals surface area contributed by atoms with Gasteiger partial charge < -0.3 is 14.3 Å². The number of halogens is 1. The van der Waals surface area contributed by atoms with Crippen LogP contribution >= 0.6 is 11.6 Å². The third kappa shape index (κ3) is 4.09. The molecule has 0 spiro atoms. The van der Waals surface area contributed by atoms with Gasteiger partial charge in [-0.25, -0.2) is 4.79 Å². The van der Waals surface area contributed by atoms with Gasteiger partial charge in [0.05, 0.1) is 0 Å². The molecular weight excluding hydrogens is 344 g/mol. The summed E-state index contributed by atoms with van der Waals surface area (Å²) >= 11 is 5.67. The highest BCUT2D eigenvalue weighted by atomic mass is 35.5. The molecule has 130 valence electrons. The van der Waals surface area contributed by atoms with Gasteiger partial charge in [0.2, 0.25) is 5.91 Å². The minimum Gasteiger partial charge on any atom is -0.422 e. The number of hydrogen-bond donors (Lipinski definition) is 1. The van der Waals surface area contributed by atoms with E-state index in [0.717, 1.165) is 22.1 Å². The second-order valence-electron chi connectivity index (χ2n) is 5.94. The number of benzene rings is 1. The van der Waals surface area contributed by atoms with E-state index in [0.29, 0.717) is 17.8 Å². The number of amides is 1. The highest BCUT2D eigenvalue weighted by molar-refractivity contribution is 6.29. The molecule has 2 aromatic heterocycles. The van der Waals surface area contributed by atoms with E-state index >= 15 is 0 Å². The lowest BCUT2D eigenvalue weighted by atomic mass is 10.0. The lowest BCUT2D eigenvalue weighted by Gasteiger charge is -2.09. The van der Waals surface area contributed by atoms with Crippen molar-refractivity contribution in [3.63, 3.8) is 0 Å². The summed E-state index contributed by atoms with van der Waals surface area (Å²) in [6, 6.07) is 6.90. The number of fused-ring (bicyclic) bond motifs is 1. The minimum atomic E-state index is -0.431. The van der Waals surface area contributed by atoms with Crippen LogP contribution in [0.2, 0.25) is 5.15 Å². The first-order chi connectivity index (χ1) is 11.9. The van der Waals surface area contributed by atoms with Gasteiger partial charge in [0.1, 0.15) is 11.3 Å². The summed E-state index contributed by atoms with van der Waals surface area (Å²) in [4.78, 5) is 23.8. The van der Waals surface area contributed by atoms with Crippen molar-refractivity contribution in [3.05, 3.63) is 62.3 Å². The van der Waals surface area contributed by atoms with Crippen LogP contribution in [0.4, 0.5) is 0 Å². The molecule has 1 aromatic carbocycles. The highest BCUT2D eigenvalue weighted by Gasteiger charge is 2.11. The van der Waals surface area contributed by atoms with E-state index in [-0.39, 0.29) is 24.0 Å². The molecule has 1 amide bonds. The second kappa shape index (κ2) is 7.11. The summed E-state index contributed by atoms with van der Waals surface area (Å²) in [6.07, 6.45) is 0.643. The van der Waals surface area contributed by atoms with Crippen LogP contribution in [0.25, 0.3) is 11.0 Å². The van der Waals surface area contributed by atoms with E-state index in [4.69, 9.17) is 20.5 Å². The van der Waals surface area contributed by atoms with E-state index in [1.165, 1.54) is 6.07 Å². The molecule has 3 rings (SSSR count). The zero-order valence-electron chi connectivity index (χ0n) is 13.9. The largest absolute Gasteiger partial charge is 0.422 e. The molecule has 0 fully saturated rings. The first-order valence-corrected chi connectivity index (χ1v) is 8.22. The average molecular weight is 361 g/mol. The Hall–Kier alpha value is -2.60. The number of rotatable bonds is 5. The predicted octanol–water partition coefficient (Wildman–Crippen LogP) is 3.30. The molecule has 1 N–H and O–H groups in total. The molecule has 0 aliphatic heterocycles. The fraction of sp³-hybridized carbons (Fsp3) is 0.278. The van der Waals surface area contributed by atoms with Crippen molar-refractivity contribution in [1.82, 2.24) is 10.5 Å². The normalized spacial score (nSPS) is 11.0. The van der Waals surface area contributed by atoms with E-state index in [1.807, 2.05) is 26.0 Å². The minimum absolute atomic E-state index is 0.154. The first kappa shape index (κ1) is 17.2. The van der Waals surface area contributed by atoms with Crippen molar-refractivity contribution in [1.29, 1.82) is 0 Å². The summed E-state index contributed by atoms with van der Waals surface area (Å²) in [5.74, 6) is 0.399. The van der Waals surface area contributed by atoms with Gasteiger partial charge in [0.15, 0.2) is 5.15 Å². The lowest BCUT2D eigenvalue weighted by molar-refractivity contribution is -0.121. The zero-order valence-corrected chi connectivity index (χ0v) is 14.6. The van der Waals surface area contributed by atoms with Gasteiger partial charge in [0, 0.05) is 36.9 Å². The number of nitrogens with one attached hydrogen (secondary N) is 1. The summed E-state index contributed by atoms with van der Waals surface area (Å²) in [5.41, 5.74) is 2.81. The number of hydrogen-bond acceptors (Lipinski definition) is 5. The van der Waals surface area contributed by atoms with Crippen molar-refractivity contribution in [3.8, 4) is 0 Å². The fourth-order valence-corrected chi connectivity index (χ4v) is 2.91. The Morgan fingerprint density at radius 2 is 2.04 bits per heavy atom. The molecule has 0 radical (unpaired) electrons. The smallest absolute Gasteiger partial charge is 0.336 e. The van der Waals surface area contributed by atoms with Crippen LogP contribution < -0.4 is 10.9 Å². The highest BCUT2D eigenvalue weighted by Crippen LogP contribution is 2.22. The van der Waals surface area contributed by atoms with Crippen LogP contribution in [-0.2, 0) is 17.8 Å². The van der Waals surface area contributed by atoms with E-state index in [1.54, 1.807) is 6.07 Å². The van der Waals surface area contributed by atoms with Crippen molar-refractivity contribution in [2.24, 2.45) is 0 Å². The third-order valence-corrected chi connectivity index (χ3v) is 4.04. The van der Waals surface area contributed by atoms with Crippen LogP contribution in [0.3, 0.4) is 0 Å². The van der Waals surface area contributed by atoms with Gasteiger partial charge in [-0.15, -0.1) is 0 Å². The monoisotopic (exact) mass is 360 g/mol. The maximum absolute atomic E-state index is 12.0. The van der Waals surface area contributed by atoms with Crippen LogP contribution in [0.15, 0.2) is 38.0 Å². The van der Waals surface area contributed by atoms with E-state index in [9.17, 15) is 9.59 Å². The van der Waals surface area contributed by atoms with Gasteiger partial charge in [-0.2, -0.15) is 0 Å². The summed E-state index contributed by atoms with van der Waals surface area (Å²) in [5, 5.41) is 7.48. The molecule has 0 saturated carbocycles. The Morgan fingerprint density at radius 3 is 2.76 bits per heavy atom. The summed E-state index contributed by atoms with van der Waals surface area (Å²) in [6.45, 7) is 4.12. The fourth-order valence-electron chi connectivity index (χ4n) is 2.75. The standard InChI is InChI=1S/C18H17ClN2O4/c1-10-5-11(2)18-14(6-10)12(7-17(23)24-18)9-20-16(22)4-3-13-8-15(19)21-25-13/h5-8H,3-4,9H2,1-2H3,(H,20,22). The molecule has 6 nitrogen and oxygen atoms in total. The molecule has 0 bridgehead atoms. The summed E-state index contributed by atoms with van der Waals surface area (Å²) in [7, 11) is 0. The molecule has 7 heteroatoms. The van der Waals surface area contributed by atoms with E-state index in [2.05, 4.69) is 10.5 Å². The first-order valence-electron chi connectivity index (χ1n) is 7.84. The molecule has 0 saturated heterocycles. The Balaban J connectivity index is 1.72. The SMILES string of the molecule is Cc1cc(C)c2oc(=O)cc(CNC(=O)CCc3cc(Cl)no3)c2c1. The van der Waals surface area contributed by atoms with Crippen LogP contribution in [-0.4, -0.2) is 11.1 Å². The van der Waals surface area contributed by atoms with Crippen molar-refractivity contribution in [2.75, 3.05) is 0 Å². The van der Waals surface area contributed by atoms with Crippen molar-refractivity contribution < 1.29 is 13.7 Å². The maximum atomic E-state index is 12.0. The molecule has 0 aliphatic rings. The van der Waals surface area contributed by atoms with Crippen molar-refractivity contribution in [2.45, 2.75) is 33.2 Å². The quantitative estimate of drug-likeness (QED) is 0.705. The Labute approximate surface area is 148 Å². The second-order valence-corrected chi connectivity index (χ2v) is 6.33. The molecular formula is C18H17ClN2O4. The Morgan fingerprint density at radius 1 is 1.24 bits per heavy atom. The Kier molecular flexibility index (Phi) is 4.90. The van der Waals surface area contributed by atoms with Gasteiger partial charge in [-0.05, 0) is 36.6 Å². The molecule has 0 unspecified atom stereocenters. The van der Waals surface area contributed by atoms with Gasteiger partial charge in [0.25, 0.3) is 0 Å².